The number of rotatable bonds is 4. The first-order chi connectivity index (χ1) is 10.3. The molecule has 0 radical (unpaired) electrons. The summed E-state index contributed by atoms with van der Waals surface area (Å²) in [5.41, 5.74) is 0. The molecule has 1 N–H and O–H groups in total. The lowest BCUT2D eigenvalue weighted by Crippen LogP contribution is -2.38. The molecular formula is C16H21N3O2. The van der Waals surface area contributed by atoms with E-state index in [0.717, 1.165) is 31.0 Å². The van der Waals surface area contributed by atoms with E-state index in [1.165, 1.54) is 25.7 Å². The smallest absolute Gasteiger partial charge is 0.230 e. The van der Waals surface area contributed by atoms with Crippen LogP contribution in [0.1, 0.15) is 68.5 Å². The predicted molar refractivity (Wildman–Crippen MR) is 74.5 cm³/mol. The molecule has 5 heteroatoms. The number of hydrogen-bond donors (Lipinski definition) is 1. The van der Waals surface area contributed by atoms with Gasteiger partial charge in [0.1, 0.15) is 0 Å². The summed E-state index contributed by atoms with van der Waals surface area (Å²) in [5, 5.41) is 7.35. The van der Waals surface area contributed by atoms with Crippen LogP contribution in [0.5, 0.6) is 0 Å². The highest BCUT2D eigenvalue weighted by atomic mass is 16.5. The van der Waals surface area contributed by atoms with E-state index in [1.54, 1.807) is 0 Å². The lowest BCUT2D eigenvalue weighted by Gasteiger charge is -2.27. The van der Waals surface area contributed by atoms with Crippen LogP contribution in [0, 0.1) is 17.8 Å². The van der Waals surface area contributed by atoms with Gasteiger partial charge in [-0.05, 0) is 56.8 Å². The van der Waals surface area contributed by atoms with E-state index < -0.39 is 0 Å². The Morgan fingerprint density at radius 1 is 1.10 bits per heavy atom. The summed E-state index contributed by atoms with van der Waals surface area (Å²) >= 11 is 0. The second kappa shape index (κ2) is 4.31. The summed E-state index contributed by atoms with van der Waals surface area (Å²) in [5.74, 6) is 3.68. The van der Waals surface area contributed by atoms with Gasteiger partial charge < -0.3 is 9.84 Å². The number of aromatic nitrogens is 2. The van der Waals surface area contributed by atoms with Gasteiger partial charge in [-0.25, -0.2) is 0 Å². The lowest BCUT2D eigenvalue weighted by atomic mass is 9.78. The Bertz CT molecular complexity index is 576. The monoisotopic (exact) mass is 287 g/mol. The number of hydrogen-bond acceptors (Lipinski definition) is 4. The van der Waals surface area contributed by atoms with E-state index in [1.807, 2.05) is 0 Å². The predicted octanol–water partition coefficient (Wildman–Crippen LogP) is 2.36. The van der Waals surface area contributed by atoms with Crippen LogP contribution in [0.25, 0.3) is 0 Å². The number of amides is 1. The Hall–Kier alpha value is -1.39. The molecule has 1 aromatic rings. The van der Waals surface area contributed by atoms with Crippen molar-refractivity contribution in [2.24, 2.45) is 17.8 Å². The number of carbonyl (C=O) groups is 1. The van der Waals surface area contributed by atoms with Crippen LogP contribution in [0.2, 0.25) is 0 Å². The Labute approximate surface area is 123 Å². The molecule has 5 nitrogen and oxygen atoms in total. The van der Waals surface area contributed by atoms with Gasteiger partial charge in [0.05, 0.1) is 11.8 Å². The fourth-order valence-corrected chi connectivity index (χ4v) is 4.44. The van der Waals surface area contributed by atoms with E-state index in [0.29, 0.717) is 23.8 Å². The van der Waals surface area contributed by atoms with Gasteiger partial charge in [0.2, 0.25) is 11.8 Å². The van der Waals surface area contributed by atoms with Gasteiger partial charge in [0.25, 0.3) is 0 Å². The fourth-order valence-electron chi connectivity index (χ4n) is 4.44. The number of nitrogens with one attached hydrogen (secondary N) is 1. The van der Waals surface area contributed by atoms with Crippen LogP contribution >= 0.6 is 0 Å². The van der Waals surface area contributed by atoms with Crippen LogP contribution in [-0.2, 0) is 4.79 Å². The van der Waals surface area contributed by atoms with Crippen molar-refractivity contribution < 1.29 is 9.32 Å². The van der Waals surface area contributed by atoms with Crippen molar-refractivity contribution in [3.63, 3.8) is 0 Å². The molecular weight excluding hydrogens is 266 g/mol. The second-order valence-corrected chi connectivity index (χ2v) is 7.43. The van der Waals surface area contributed by atoms with E-state index in [4.69, 9.17) is 4.52 Å². The maximum absolute atomic E-state index is 12.6. The summed E-state index contributed by atoms with van der Waals surface area (Å²) in [6.07, 6.45) is 8.21. The number of nitrogens with zero attached hydrogens (tertiary/aromatic N) is 2. The molecule has 4 aliphatic rings. The highest BCUT2D eigenvalue weighted by Crippen LogP contribution is 2.56. The standard InChI is InChI=1S/C16H21N3O2/c20-15(17-11-5-6-11)12-9-3-4-10(7-9)13(12)16-18-14(19-21-16)8-1-2-8/h8-13H,1-7H2,(H,17,20)/t9-,10+,12-,13-/m0/s1. The van der Waals surface area contributed by atoms with Gasteiger partial charge in [0, 0.05) is 12.0 Å². The van der Waals surface area contributed by atoms with E-state index >= 15 is 0 Å². The lowest BCUT2D eigenvalue weighted by molar-refractivity contribution is -0.127. The average molecular weight is 287 g/mol. The van der Waals surface area contributed by atoms with Crippen molar-refractivity contribution in [3.8, 4) is 0 Å². The summed E-state index contributed by atoms with van der Waals surface area (Å²) in [4.78, 5) is 17.3. The quantitative estimate of drug-likeness (QED) is 0.923. The van der Waals surface area contributed by atoms with E-state index in [2.05, 4.69) is 15.5 Å². The zero-order valence-electron chi connectivity index (χ0n) is 12.1. The van der Waals surface area contributed by atoms with E-state index in [-0.39, 0.29) is 17.7 Å². The minimum absolute atomic E-state index is 0.0665. The zero-order valence-corrected chi connectivity index (χ0v) is 12.1. The number of carbonyl (C=O) groups excluding carboxylic acids is 1. The topological polar surface area (TPSA) is 68.0 Å². The molecule has 4 aliphatic carbocycles. The molecule has 1 heterocycles. The van der Waals surface area contributed by atoms with Crippen molar-refractivity contribution >= 4 is 5.91 Å². The van der Waals surface area contributed by atoms with Crippen molar-refractivity contribution in [1.82, 2.24) is 15.5 Å². The fraction of sp³-hybridized carbons (Fsp3) is 0.812. The van der Waals surface area contributed by atoms with Crippen molar-refractivity contribution in [3.05, 3.63) is 11.7 Å². The van der Waals surface area contributed by atoms with Gasteiger partial charge >= 0.3 is 0 Å². The third kappa shape index (κ3) is 2.00. The summed E-state index contributed by atoms with van der Waals surface area (Å²) in [6, 6.07) is 0.432. The van der Waals surface area contributed by atoms with Crippen molar-refractivity contribution in [1.29, 1.82) is 0 Å². The van der Waals surface area contributed by atoms with Gasteiger partial charge in [-0.2, -0.15) is 4.98 Å². The first kappa shape index (κ1) is 12.2. The maximum Gasteiger partial charge on any atom is 0.230 e. The SMILES string of the molecule is O=C(NC1CC1)[C@H]1[C@H]2CC[C@H](C2)[C@@H]1c1nc(C2CC2)no1. The molecule has 0 spiro atoms. The molecule has 0 unspecified atom stereocenters. The Kier molecular flexibility index (Phi) is 2.50. The summed E-state index contributed by atoms with van der Waals surface area (Å²) < 4.78 is 5.56. The van der Waals surface area contributed by atoms with E-state index in [9.17, 15) is 4.79 Å². The molecule has 1 amide bonds. The second-order valence-electron chi connectivity index (χ2n) is 7.43. The Balaban J connectivity index is 1.42. The summed E-state index contributed by atoms with van der Waals surface area (Å²) in [7, 11) is 0. The van der Waals surface area contributed by atoms with Crippen LogP contribution in [0.15, 0.2) is 4.52 Å². The Morgan fingerprint density at radius 2 is 1.90 bits per heavy atom. The third-order valence-electron chi connectivity index (χ3n) is 5.83. The third-order valence-corrected chi connectivity index (χ3v) is 5.83. The van der Waals surface area contributed by atoms with Gasteiger partial charge in [-0.3, -0.25) is 4.79 Å². The molecule has 4 fully saturated rings. The molecule has 4 saturated carbocycles. The minimum Gasteiger partial charge on any atom is -0.353 e. The molecule has 1 aromatic heterocycles. The molecule has 4 atom stereocenters. The highest BCUT2D eigenvalue weighted by molar-refractivity contribution is 5.81. The normalized spacial score (nSPS) is 37.9. The maximum atomic E-state index is 12.6. The van der Waals surface area contributed by atoms with Gasteiger partial charge in [-0.1, -0.05) is 5.16 Å². The first-order valence-electron chi connectivity index (χ1n) is 8.43. The Morgan fingerprint density at radius 3 is 2.67 bits per heavy atom. The van der Waals surface area contributed by atoms with Crippen LogP contribution in [-0.4, -0.2) is 22.1 Å². The van der Waals surface area contributed by atoms with Crippen molar-refractivity contribution in [2.45, 2.75) is 62.8 Å². The van der Waals surface area contributed by atoms with Crippen LogP contribution < -0.4 is 5.32 Å². The van der Waals surface area contributed by atoms with Gasteiger partial charge in [0.15, 0.2) is 5.82 Å². The molecule has 0 aliphatic heterocycles. The largest absolute Gasteiger partial charge is 0.353 e. The molecule has 0 aromatic carbocycles. The highest BCUT2D eigenvalue weighted by Gasteiger charge is 2.54. The van der Waals surface area contributed by atoms with Gasteiger partial charge in [-0.15, -0.1) is 0 Å². The molecule has 21 heavy (non-hydrogen) atoms. The van der Waals surface area contributed by atoms with Crippen LogP contribution in [0.3, 0.4) is 0 Å². The zero-order chi connectivity index (χ0) is 14.0. The van der Waals surface area contributed by atoms with Crippen molar-refractivity contribution in [2.75, 3.05) is 0 Å². The molecule has 112 valence electrons. The average Bonchev–Trinajstić information content (AvgIpc) is 3.37. The molecule has 0 saturated heterocycles. The summed E-state index contributed by atoms with van der Waals surface area (Å²) in [6.45, 7) is 0. The molecule has 5 rings (SSSR count). The first-order valence-corrected chi connectivity index (χ1v) is 8.43. The molecule has 2 bridgehead atoms. The number of fused-ring (bicyclic) bond motifs is 2. The minimum atomic E-state index is 0.0665. The van der Waals surface area contributed by atoms with Crippen LogP contribution in [0.4, 0.5) is 0 Å².